The Morgan fingerprint density at radius 3 is 2.50 bits per heavy atom. The second-order valence-electron chi connectivity index (χ2n) is 4.90. The number of nitrogen functional groups attached to an aromatic ring is 1. The molecule has 7 heteroatoms. The molecule has 1 fully saturated rings. The molecule has 0 bridgehead atoms. The van der Waals surface area contributed by atoms with Crippen LogP contribution in [0.2, 0.25) is 0 Å². The van der Waals surface area contributed by atoms with Gasteiger partial charge < -0.3 is 5.43 Å². The zero-order chi connectivity index (χ0) is 13.2. The monoisotopic (exact) mass is 270 g/mol. The van der Waals surface area contributed by atoms with Crippen LogP contribution in [0, 0.1) is 0 Å². The number of nitrogens with zero attached hydrogens (tertiary/aromatic N) is 1. The number of anilines is 1. The van der Waals surface area contributed by atoms with E-state index in [0.29, 0.717) is 5.82 Å². The number of nitrogens with two attached hydrogens (primary N) is 1. The highest BCUT2D eigenvalue weighted by Crippen LogP contribution is 2.30. The predicted molar refractivity (Wildman–Crippen MR) is 69.2 cm³/mol. The highest BCUT2D eigenvalue weighted by Gasteiger charge is 2.33. The number of hydrazine groups is 1. The van der Waals surface area contributed by atoms with Gasteiger partial charge in [-0.25, -0.2) is 24.0 Å². The fraction of sp³-hybridized carbons (Fsp3) is 0.545. The number of aromatic nitrogens is 1. The summed E-state index contributed by atoms with van der Waals surface area (Å²) in [6, 6.07) is 3.02. The van der Waals surface area contributed by atoms with Gasteiger partial charge in [-0.3, -0.25) is 0 Å². The summed E-state index contributed by atoms with van der Waals surface area (Å²) in [5, 5.41) is 0. The standard InChI is InChI=1S/C11H18N4O2S/c1-11(6-2-3-7-11)15-18(16,17)9-4-5-10(14-12)13-8-9/h4-5,8,15H,2-3,6-7,12H2,1H3,(H,13,14). The third kappa shape index (κ3) is 2.80. The number of hydrogen-bond acceptors (Lipinski definition) is 5. The van der Waals surface area contributed by atoms with Crippen molar-refractivity contribution < 1.29 is 8.42 Å². The normalized spacial score (nSPS) is 18.8. The lowest BCUT2D eigenvalue weighted by Gasteiger charge is -2.24. The minimum atomic E-state index is -3.51. The van der Waals surface area contributed by atoms with Crippen molar-refractivity contribution in [3.05, 3.63) is 18.3 Å². The van der Waals surface area contributed by atoms with Gasteiger partial charge in [0.15, 0.2) is 0 Å². The van der Waals surface area contributed by atoms with Crippen LogP contribution in [0.4, 0.5) is 5.82 Å². The van der Waals surface area contributed by atoms with E-state index in [0.717, 1.165) is 25.7 Å². The molecule has 0 aromatic carbocycles. The van der Waals surface area contributed by atoms with Crippen LogP contribution in [0.5, 0.6) is 0 Å². The minimum absolute atomic E-state index is 0.162. The molecule has 0 radical (unpaired) electrons. The first kappa shape index (κ1) is 13.3. The van der Waals surface area contributed by atoms with Gasteiger partial charge in [-0.2, -0.15) is 0 Å². The summed E-state index contributed by atoms with van der Waals surface area (Å²) in [6.45, 7) is 1.95. The lowest BCUT2D eigenvalue weighted by atomic mass is 10.0. The Morgan fingerprint density at radius 2 is 2.00 bits per heavy atom. The molecule has 0 spiro atoms. The van der Waals surface area contributed by atoms with Crippen LogP contribution in [-0.4, -0.2) is 18.9 Å². The van der Waals surface area contributed by atoms with Gasteiger partial charge in [0.05, 0.1) is 0 Å². The van der Waals surface area contributed by atoms with E-state index in [2.05, 4.69) is 15.1 Å². The summed E-state index contributed by atoms with van der Waals surface area (Å²) in [7, 11) is -3.51. The van der Waals surface area contributed by atoms with Gasteiger partial charge in [0.25, 0.3) is 0 Å². The van der Waals surface area contributed by atoms with E-state index in [4.69, 9.17) is 5.84 Å². The Morgan fingerprint density at radius 1 is 1.33 bits per heavy atom. The van der Waals surface area contributed by atoms with E-state index < -0.39 is 10.0 Å². The Hall–Kier alpha value is -1.18. The Kier molecular flexibility index (Phi) is 3.56. The molecule has 6 nitrogen and oxygen atoms in total. The maximum atomic E-state index is 12.2. The number of hydrogen-bond donors (Lipinski definition) is 3. The van der Waals surface area contributed by atoms with Gasteiger partial charge in [-0.15, -0.1) is 0 Å². The molecular formula is C11H18N4O2S. The molecule has 2 rings (SSSR count). The van der Waals surface area contributed by atoms with Gasteiger partial charge in [-0.1, -0.05) is 12.8 Å². The topological polar surface area (TPSA) is 97.1 Å². The highest BCUT2D eigenvalue weighted by molar-refractivity contribution is 7.89. The van der Waals surface area contributed by atoms with Crippen LogP contribution in [0.15, 0.2) is 23.2 Å². The number of pyridine rings is 1. The predicted octanol–water partition coefficient (Wildman–Crippen LogP) is 0.978. The SMILES string of the molecule is CC1(NS(=O)(=O)c2ccc(NN)nc2)CCCC1. The van der Waals surface area contributed by atoms with Crippen molar-refractivity contribution in [3.8, 4) is 0 Å². The van der Waals surface area contributed by atoms with Crippen LogP contribution in [-0.2, 0) is 10.0 Å². The number of sulfonamides is 1. The summed E-state index contributed by atoms with van der Waals surface area (Å²) in [4.78, 5) is 4.07. The third-order valence-electron chi connectivity index (χ3n) is 3.28. The molecule has 100 valence electrons. The first-order valence-corrected chi connectivity index (χ1v) is 7.40. The summed E-state index contributed by atoms with van der Waals surface area (Å²) in [5.41, 5.74) is 2.03. The van der Waals surface area contributed by atoms with Crippen LogP contribution in [0.25, 0.3) is 0 Å². The third-order valence-corrected chi connectivity index (χ3v) is 4.91. The van der Waals surface area contributed by atoms with E-state index in [9.17, 15) is 8.42 Å². The van der Waals surface area contributed by atoms with Gasteiger partial charge >= 0.3 is 0 Å². The molecule has 1 heterocycles. The van der Waals surface area contributed by atoms with Crippen LogP contribution in [0.3, 0.4) is 0 Å². The van der Waals surface area contributed by atoms with Crippen molar-refractivity contribution in [2.75, 3.05) is 5.43 Å². The molecule has 1 aromatic rings. The van der Waals surface area contributed by atoms with Crippen molar-refractivity contribution in [2.45, 2.75) is 43.0 Å². The average Bonchev–Trinajstić information content (AvgIpc) is 2.75. The lowest BCUT2D eigenvalue weighted by Crippen LogP contribution is -2.43. The molecule has 0 amide bonds. The van der Waals surface area contributed by atoms with E-state index >= 15 is 0 Å². The molecule has 0 saturated heterocycles. The average molecular weight is 270 g/mol. The van der Waals surface area contributed by atoms with Gasteiger partial charge in [0.2, 0.25) is 10.0 Å². The minimum Gasteiger partial charge on any atom is -0.308 e. The van der Waals surface area contributed by atoms with Crippen LogP contribution < -0.4 is 16.0 Å². The first-order valence-electron chi connectivity index (χ1n) is 5.92. The van der Waals surface area contributed by atoms with Crippen molar-refractivity contribution in [2.24, 2.45) is 5.84 Å². The van der Waals surface area contributed by atoms with Crippen molar-refractivity contribution in [1.29, 1.82) is 0 Å². The molecule has 4 N–H and O–H groups in total. The van der Waals surface area contributed by atoms with E-state index in [1.807, 2.05) is 6.92 Å². The fourth-order valence-corrected chi connectivity index (χ4v) is 3.67. The first-order chi connectivity index (χ1) is 8.45. The molecular weight excluding hydrogens is 252 g/mol. The lowest BCUT2D eigenvalue weighted by molar-refractivity contribution is 0.427. The summed E-state index contributed by atoms with van der Waals surface area (Å²) in [6.07, 6.45) is 5.18. The highest BCUT2D eigenvalue weighted by atomic mass is 32.2. The molecule has 18 heavy (non-hydrogen) atoms. The van der Waals surface area contributed by atoms with Crippen LogP contribution in [0.1, 0.15) is 32.6 Å². The molecule has 1 aliphatic rings. The summed E-state index contributed by atoms with van der Waals surface area (Å²) < 4.78 is 27.1. The van der Waals surface area contributed by atoms with E-state index in [1.165, 1.54) is 18.3 Å². The zero-order valence-corrected chi connectivity index (χ0v) is 11.1. The van der Waals surface area contributed by atoms with Gasteiger partial charge in [-0.05, 0) is 31.9 Å². The molecule has 1 aliphatic carbocycles. The van der Waals surface area contributed by atoms with Crippen molar-refractivity contribution in [1.82, 2.24) is 9.71 Å². The second-order valence-corrected chi connectivity index (χ2v) is 6.58. The van der Waals surface area contributed by atoms with E-state index in [1.54, 1.807) is 0 Å². The Balaban J connectivity index is 2.19. The zero-order valence-electron chi connectivity index (χ0n) is 10.3. The van der Waals surface area contributed by atoms with Crippen molar-refractivity contribution in [3.63, 3.8) is 0 Å². The smallest absolute Gasteiger partial charge is 0.242 e. The molecule has 0 atom stereocenters. The van der Waals surface area contributed by atoms with Crippen molar-refractivity contribution >= 4 is 15.8 Å². The Bertz CT molecular complexity index is 506. The fourth-order valence-electron chi connectivity index (χ4n) is 2.27. The van der Waals surface area contributed by atoms with Crippen LogP contribution >= 0.6 is 0 Å². The number of rotatable bonds is 4. The second kappa shape index (κ2) is 4.83. The summed E-state index contributed by atoms with van der Waals surface area (Å²) >= 11 is 0. The Labute approximate surface area is 107 Å². The quantitative estimate of drug-likeness (QED) is 0.559. The maximum absolute atomic E-state index is 12.2. The maximum Gasteiger partial charge on any atom is 0.242 e. The largest absolute Gasteiger partial charge is 0.308 e. The van der Waals surface area contributed by atoms with Gasteiger partial charge in [0.1, 0.15) is 10.7 Å². The molecule has 1 saturated carbocycles. The number of nitrogens with one attached hydrogen (secondary N) is 2. The molecule has 0 aliphatic heterocycles. The molecule has 1 aromatic heterocycles. The molecule has 0 unspecified atom stereocenters. The van der Waals surface area contributed by atoms with Gasteiger partial charge in [0, 0.05) is 11.7 Å². The summed E-state index contributed by atoms with van der Waals surface area (Å²) in [5.74, 6) is 5.62. The van der Waals surface area contributed by atoms with E-state index in [-0.39, 0.29) is 10.4 Å².